The molecule has 0 aliphatic heterocycles. The molecular formula is C11H16O. The number of aliphatic hydroxyl groups is 1. The molecule has 0 radical (unpaired) electrons. The van der Waals surface area contributed by atoms with Crippen LogP contribution in [0, 0.1) is 24.2 Å². The maximum Gasteiger partial charge on any atom is 0.128 e. The Morgan fingerprint density at radius 3 is 2.67 bits per heavy atom. The predicted molar refractivity (Wildman–Crippen MR) is 50.5 cm³/mol. The Bertz CT molecular complexity index is 236. The molecule has 1 fully saturated rings. The third kappa shape index (κ3) is 1.40. The van der Waals surface area contributed by atoms with Crippen molar-refractivity contribution in [3.05, 3.63) is 12.2 Å². The van der Waals surface area contributed by atoms with Gasteiger partial charge in [0.15, 0.2) is 0 Å². The molecule has 1 aliphatic rings. The summed E-state index contributed by atoms with van der Waals surface area (Å²) in [5, 5.41) is 9.91. The maximum atomic E-state index is 9.91. The standard InChI is InChI=1S/C11H16O/c1-5-11(12,6-2)10-7-9(10)8(3)4/h1,9-10,12H,3,6-7H2,2,4H3/t9-,10+,11?/m1/s1. The van der Waals surface area contributed by atoms with Gasteiger partial charge < -0.3 is 5.11 Å². The SMILES string of the molecule is C#CC(O)(CC)[C@H]1C[C@@H]1C(=C)C. The molecule has 0 saturated heterocycles. The molecule has 0 aromatic heterocycles. The monoisotopic (exact) mass is 164 g/mol. The van der Waals surface area contributed by atoms with Crippen LogP contribution in [0.25, 0.3) is 0 Å². The average molecular weight is 164 g/mol. The molecule has 0 bridgehead atoms. The van der Waals surface area contributed by atoms with Crippen molar-refractivity contribution < 1.29 is 5.11 Å². The summed E-state index contributed by atoms with van der Waals surface area (Å²) < 4.78 is 0. The van der Waals surface area contributed by atoms with E-state index in [-0.39, 0.29) is 5.92 Å². The lowest BCUT2D eigenvalue weighted by Gasteiger charge is -2.20. The number of terminal acetylenes is 1. The molecule has 1 rings (SSSR count). The van der Waals surface area contributed by atoms with E-state index in [2.05, 4.69) is 12.5 Å². The molecule has 1 unspecified atom stereocenters. The Morgan fingerprint density at radius 1 is 1.83 bits per heavy atom. The van der Waals surface area contributed by atoms with E-state index in [1.165, 1.54) is 0 Å². The fraction of sp³-hybridized carbons (Fsp3) is 0.636. The van der Waals surface area contributed by atoms with E-state index in [0.717, 1.165) is 12.0 Å². The Hall–Kier alpha value is -0.740. The second-order valence-electron chi connectivity index (χ2n) is 3.72. The topological polar surface area (TPSA) is 20.2 Å². The van der Waals surface area contributed by atoms with Crippen molar-refractivity contribution in [2.45, 2.75) is 32.3 Å². The third-order valence-electron chi connectivity index (χ3n) is 2.83. The van der Waals surface area contributed by atoms with Crippen LogP contribution in [-0.4, -0.2) is 10.7 Å². The van der Waals surface area contributed by atoms with Crippen LogP contribution in [-0.2, 0) is 0 Å². The van der Waals surface area contributed by atoms with Crippen LogP contribution in [0.5, 0.6) is 0 Å². The molecular weight excluding hydrogens is 148 g/mol. The van der Waals surface area contributed by atoms with Crippen molar-refractivity contribution in [2.75, 3.05) is 0 Å². The second kappa shape index (κ2) is 2.95. The zero-order chi connectivity index (χ0) is 9.35. The smallest absolute Gasteiger partial charge is 0.128 e. The lowest BCUT2D eigenvalue weighted by atomic mass is 9.93. The van der Waals surface area contributed by atoms with Crippen molar-refractivity contribution in [1.82, 2.24) is 0 Å². The van der Waals surface area contributed by atoms with Crippen molar-refractivity contribution >= 4 is 0 Å². The summed E-state index contributed by atoms with van der Waals surface area (Å²) in [6.07, 6.45) is 6.93. The highest BCUT2D eigenvalue weighted by atomic mass is 16.3. The summed E-state index contributed by atoms with van der Waals surface area (Å²) in [5.74, 6) is 3.19. The van der Waals surface area contributed by atoms with Gasteiger partial charge in [-0.25, -0.2) is 0 Å². The van der Waals surface area contributed by atoms with E-state index < -0.39 is 5.60 Å². The first-order valence-corrected chi connectivity index (χ1v) is 4.40. The van der Waals surface area contributed by atoms with Crippen LogP contribution in [0.2, 0.25) is 0 Å². The number of hydrogen-bond donors (Lipinski definition) is 1. The van der Waals surface area contributed by atoms with Crippen LogP contribution >= 0.6 is 0 Å². The molecule has 1 aliphatic carbocycles. The molecule has 0 spiro atoms. The zero-order valence-corrected chi connectivity index (χ0v) is 7.80. The van der Waals surface area contributed by atoms with E-state index in [1.807, 2.05) is 13.8 Å². The highest BCUT2D eigenvalue weighted by Gasteiger charge is 2.50. The molecule has 1 N–H and O–H groups in total. The maximum absolute atomic E-state index is 9.91. The molecule has 0 aromatic carbocycles. The second-order valence-corrected chi connectivity index (χ2v) is 3.72. The van der Waals surface area contributed by atoms with Gasteiger partial charge in [0.25, 0.3) is 0 Å². The summed E-state index contributed by atoms with van der Waals surface area (Å²) in [7, 11) is 0. The molecule has 0 amide bonds. The van der Waals surface area contributed by atoms with Gasteiger partial charge in [-0.3, -0.25) is 0 Å². The minimum Gasteiger partial charge on any atom is -0.377 e. The molecule has 1 saturated carbocycles. The lowest BCUT2D eigenvalue weighted by molar-refractivity contribution is 0.0698. The number of allylic oxidation sites excluding steroid dienone is 1. The molecule has 1 nitrogen and oxygen atoms in total. The van der Waals surface area contributed by atoms with Gasteiger partial charge in [0.1, 0.15) is 5.60 Å². The van der Waals surface area contributed by atoms with Crippen LogP contribution < -0.4 is 0 Å². The summed E-state index contributed by atoms with van der Waals surface area (Å²) in [4.78, 5) is 0. The van der Waals surface area contributed by atoms with Gasteiger partial charge in [-0.1, -0.05) is 25.0 Å². The van der Waals surface area contributed by atoms with Gasteiger partial charge in [0.2, 0.25) is 0 Å². The molecule has 12 heavy (non-hydrogen) atoms. The van der Waals surface area contributed by atoms with Crippen LogP contribution in [0.4, 0.5) is 0 Å². The van der Waals surface area contributed by atoms with Gasteiger partial charge in [0, 0.05) is 5.92 Å². The molecule has 0 heterocycles. The predicted octanol–water partition coefficient (Wildman–Crippen LogP) is 1.97. The fourth-order valence-corrected chi connectivity index (χ4v) is 1.74. The molecule has 3 atom stereocenters. The van der Waals surface area contributed by atoms with Crippen molar-refractivity contribution in [3.63, 3.8) is 0 Å². The Labute approximate surface area is 74.5 Å². The first-order chi connectivity index (χ1) is 5.55. The first-order valence-electron chi connectivity index (χ1n) is 4.40. The molecule has 66 valence electrons. The van der Waals surface area contributed by atoms with Crippen LogP contribution in [0.1, 0.15) is 26.7 Å². The van der Waals surface area contributed by atoms with Gasteiger partial charge in [-0.15, -0.1) is 6.42 Å². The zero-order valence-electron chi connectivity index (χ0n) is 7.80. The highest BCUT2D eigenvalue weighted by Crippen LogP contribution is 2.50. The molecule has 1 heteroatoms. The van der Waals surface area contributed by atoms with Gasteiger partial charge in [-0.05, 0) is 25.7 Å². The van der Waals surface area contributed by atoms with Gasteiger partial charge in [0.05, 0.1) is 0 Å². The van der Waals surface area contributed by atoms with E-state index >= 15 is 0 Å². The van der Waals surface area contributed by atoms with Crippen molar-refractivity contribution in [1.29, 1.82) is 0 Å². The lowest BCUT2D eigenvalue weighted by Crippen LogP contribution is -2.29. The van der Waals surface area contributed by atoms with Gasteiger partial charge >= 0.3 is 0 Å². The average Bonchev–Trinajstić information content (AvgIpc) is 2.82. The minimum absolute atomic E-state index is 0.255. The normalized spacial score (nSPS) is 31.8. The van der Waals surface area contributed by atoms with E-state index in [4.69, 9.17) is 6.42 Å². The van der Waals surface area contributed by atoms with E-state index in [9.17, 15) is 5.11 Å². The summed E-state index contributed by atoms with van der Waals surface area (Å²) in [5.41, 5.74) is 0.256. The summed E-state index contributed by atoms with van der Waals surface area (Å²) >= 11 is 0. The molecule has 0 aromatic rings. The largest absolute Gasteiger partial charge is 0.377 e. The highest BCUT2D eigenvalue weighted by molar-refractivity contribution is 5.22. The Morgan fingerprint density at radius 2 is 2.42 bits per heavy atom. The fourth-order valence-electron chi connectivity index (χ4n) is 1.74. The first kappa shape index (κ1) is 9.35. The summed E-state index contributed by atoms with van der Waals surface area (Å²) in [6.45, 7) is 7.79. The van der Waals surface area contributed by atoms with Crippen LogP contribution in [0.15, 0.2) is 12.2 Å². The van der Waals surface area contributed by atoms with E-state index in [0.29, 0.717) is 12.3 Å². The van der Waals surface area contributed by atoms with Crippen LogP contribution in [0.3, 0.4) is 0 Å². The number of hydrogen-bond acceptors (Lipinski definition) is 1. The Balaban J connectivity index is 2.63. The quantitative estimate of drug-likeness (QED) is 0.499. The Kier molecular flexibility index (Phi) is 2.30. The van der Waals surface area contributed by atoms with Crippen molar-refractivity contribution in [3.8, 4) is 12.3 Å². The van der Waals surface area contributed by atoms with E-state index in [1.54, 1.807) is 0 Å². The van der Waals surface area contributed by atoms with Gasteiger partial charge in [-0.2, -0.15) is 0 Å². The third-order valence-corrected chi connectivity index (χ3v) is 2.83. The van der Waals surface area contributed by atoms with Crippen molar-refractivity contribution in [2.24, 2.45) is 11.8 Å². The minimum atomic E-state index is -0.885. The summed E-state index contributed by atoms with van der Waals surface area (Å²) in [6, 6.07) is 0. The number of rotatable bonds is 3.